The minimum Gasteiger partial charge on any atom is -0.491 e. The van der Waals surface area contributed by atoms with Gasteiger partial charge >= 0.3 is 0 Å². The highest BCUT2D eigenvalue weighted by Crippen LogP contribution is 2.12. The van der Waals surface area contributed by atoms with Gasteiger partial charge in [-0.1, -0.05) is 29.8 Å². The van der Waals surface area contributed by atoms with Crippen molar-refractivity contribution in [1.29, 1.82) is 0 Å². The van der Waals surface area contributed by atoms with E-state index >= 15 is 0 Å². The number of nitrogens with one attached hydrogen (secondary N) is 1. The van der Waals surface area contributed by atoms with E-state index in [1.54, 1.807) is 0 Å². The topological polar surface area (TPSA) is 93.3 Å². The third-order valence-corrected chi connectivity index (χ3v) is 2.61. The van der Waals surface area contributed by atoms with Crippen LogP contribution in [0.3, 0.4) is 0 Å². The maximum atomic E-state index is 9.82. The Labute approximate surface area is 121 Å². The number of para-hydroxylation sites is 1. The Morgan fingerprint density at radius 3 is 2.75 bits per heavy atom. The second kappa shape index (κ2) is 6.93. The fourth-order valence-corrected chi connectivity index (χ4v) is 1.71. The van der Waals surface area contributed by atoms with Gasteiger partial charge in [0.15, 0.2) is 0 Å². The van der Waals surface area contributed by atoms with E-state index in [0.29, 0.717) is 11.6 Å². The molecule has 2 aromatic rings. The molecular formula is C13H15ClN4O2. The molecule has 6 nitrogen and oxygen atoms in total. The van der Waals surface area contributed by atoms with Crippen LogP contribution in [0.2, 0.25) is 5.15 Å². The largest absolute Gasteiger partial charge is 0.491 e. The number of ether oxygens (including phenoxy) is 1. The zero-order chi connectivity index (χ0) is 14.4. The third-order valence-electron chi connectivity index (χ3n) is 2.42. The number of aliphatic hydroxyl groups excluding tert-OH is 1. The van der Waals surface area contributed by atoms with Gasteiger partial charge in [-0.25, -0.2) is 4.98 Å². The first kappa shape index (κ1) is 14.4. The van der Waals surface area contributed by atoms with Crippen LogP contribution in [-0.4, -0.2) is 34.3 Å². The van der Waals surface area contributed by atoms with Gasteiger partial charge in [0.25, 0.3) is 0 Å². The third kappa shape index (κ3) is 4.56. The molecule has 2 rings (SSSR count). The summed E-state index contributed by atoms with van der Waals surface area (Å²) in [6, 6.07) is 10.8. The average Bonchev–Trinajstić information content (AvgIpc) is 2.43. The number of nitrogens with two attached hydrogens (primary N) is 1. The lowest BCUT2D eigenvalue weighted by atomic mass is 10.3. The zero-order valence-electron chi connectivity index (χ0n) is 10.7. The summed E-state index contributed by atoms with van der Waals surface area (Å²) in [4.78, 5) is 7.69. The lowest BCUT2D eigenvalue weighted by Crippen LogP contribution is -2.26. The van der Waals surface area contributed by atoms with E-state index in [1.165, 1.54) is 6.07 Å². The van der Waals surface area contributed by atoms with Crippen LogP contribution in [0.4, 0.5) is 11.8 Å². The molecule has 0 aliphatic rings. The van der Waals surface area contributed by atoms with E-state index in [2.05, 4.69) is 15.3 Å². The van der Waals surface area contributed by atoms with Crippen molar-refractivity contribution in [2.24, 2.45) is 0 Å². The number of benzene rings is 1. The van der Waals surface area contributed by atoms with E-state index in [4.69, 9.17) is 22.1 Å². The monoisotopic (exact) mass is 294 g/mol. The summed E-state index contributed by atoms with van der Waals surface area (Å²) in [5.74, 6) is 1.25. The molecule has 1 heterocycles. The van der Waals surface area contributed by atoms with E-state index in [0.717, 1.165) is 0 Å². The molecule has 0 amide bonds. The molecule has 0 radical (unpaired) electrons. The zero-order valence-corrected chi connectivity index (χ0v) is 11.4. The maximum absolute atomic E-state index is 9.82. The van der Waals surface area contributed by atoms with Crippen molar-refractivity contribution in [3.05, 3.63) is 41.6 Å². The number of nitrogen functional groups attached to an aromatic ring is 1. The van der Waals surface area contributed by atoms with Crippen LogP contribution in [0.5, 0.6) is 5.75 Å². The van der Waals surface area contributed by atoms with Crippen molar-refractivity contribution < 1.29 is 9.84 Å². The van der Waals surface area contributed by atoms with Gasteiger partial charge in [0.05, 0.1) is 0 Å². The van der Waals surface area contributed by atoms with Crippen LogP contribution in [0.1, 0.15) is 0 Å². The van der Waals surface area contributed by atoms with Crippen molar-refractivity contribution in [2.75, 3.05) is 24.2 Å². The Bertz CT molecular complexity index is 533. The van der Waals surface area contributed by atoms with Crippen molar-refractivity contribution in [1.82, 2.24) is 9.97 Å². The molecule has 20 heavy (non-hydrogen) atoms. The normalized spacial score (nSPS) is 11.9. The minimum absolute atomic E-state index is 0.0787. The van der Waals surface area contributed by atoms with Crippen LogP contribution in [0.25, 0.3) is 0 Å². The van der Waals surface area contributed by atoms with Crippen molar-refractivity contribution >= 4 is 23.4 Å². The average molecular weight is 295 g/mol. The van der Waals surface area contributed by atoms with E-state index < -0.39 is 6.10 Å². The summed E-state index contributed by atoms with van der Waals surface area (Å²) in [5.41, 5.74) is 5.47. The molecule has 1 aromatic heterocycles. The van der Waals surface area contributed by atoms with Crippen LogP contribution in [0, 0.1) is 0 Å². The molecule has 0 unspecified atom stereocenters. The Balaban J connectivity index is 1.78. The van der Waals surface area contributed by atoms with Crippen LogP contribution >= 0.6 is 11.6 Å². The smallest absolute Gasteiger partial charge is 0.223 e. The predicted molar refractivity (Wildman–Crippen MR) is 77.9 cm³/mol. The number of nitrogens with zero attached hydrogens (tertiary/aromatic N) is 2. The SMILES string of the molecule is Nc1nc(Cl)cc(NC[C@@H](O)COc2ccccc2)n1. The molecule has 0 aliphatic carbocycles. The molecule has 4 N–H and O–H groups in total. The number of hydrogen-bond acceptors (Lipinski definition) is 6. The first-order chi connectivity index (χ1) is 9.63. The standard InChI is InChI=1S/C13H15ClN4O2/c14-11-6-12(18-13(15)17-11)16-7-9(19)8-20-10-4-2-1-3-5-10/h1-6,9,19H,7-8H2,(H3,15,16,17,18)/t9-/m1/s1. The Morgan fingerprint density at radius 2 is 2.05 bits per heavy atom. The van der Waals surface area contributed by atoms with Crippen LogP contribution < -0.4 is 15.8 Å². The highest BCUT2D eigenvalue weighted by atomic mass is 35.5. The van der Waals surface area contributed by atoms with Gasteiger partial charge in [-0.15, -0.1) is 0 Å². The van der Waals surface area contributed by atoms with Gasteiger partial charge in [0, 0.05) is 12.6 Å². The summed E-state index contributed by atoms with van der Waals surface area (Å²) >= 11 is 5.75. The number of aliphatic hydroxyl groups is 1. The van der Waals surface area contributed by atoms with Gasteiger partial charge in [0.2, 0.25) is 5.95 Å². The fourth-order valence-electron chi connectivity index (χ4n) is 1.52. The highest BCUT2D eigenvalue weighted by Gasteiger charge is 2.07. The Morgan fingerprint density at radius 1 is 1.30 bits per heavy atom. The Hall–Kier alpha value is -2.05. The first-order valence-electron chi connectivity index (χ1n) is 6.03. The summed E-state index contributed by atoms with van der Waals surface area (Å²) in [7, 11) is 0. The van der Waals surface area contributed by atoms with E-state index in [9.17, 15) is 5.11 Å². The Kier molecular flexibility index (Phi) is 4.97. The quantitative estimate of drug-likeness (QED) is 0.700. The van der Waals surface area contributed by atoms with Gasteiger partial charge in [0.1, 0.15) is 29.4 Å². The van der Waals surface area contributed by atoms with Crippen molar-refractivity contribution in [2.45, 2.75) is 6.10 Å². The maximum Gasteiger partial charge on any atom is 0.223 e. The highest BCUT2D eigenvalue weighted by molar-refractivity contribution is 6.29. The molecule has 0 fully saturated rings. The lowest BCUT2D eigenvalue weighted by molar-refractivity contribution is 0.117. The summed E-state index contributed by atoms with van der Waals surface area (Å²) in [6.45, 7) is 0.435. The first-order valence-corrected chi connectivity index (χ1v) is 6.41. The number of aromatic nitrogens is 2. The van der Waals surface area contributed by atoms with Crippen LogP contribution in [0.15, 0.2) is 36.4 Å². The number of anilines is 2. The molecule has 0 spiro atoms. The van der Waals surface area contributed by atoms with Crippen molar-refractivity contribution in [3.8, 4) is 5.75 Å². The van der Waals surface area contributed by atoms with Crippen molar-refractivity contribution in [3.63, 3.8) is 0 Å². The molecule has 106 valence electrons. The molecule has 1 aromatic carbocycles. The second-order valence-electron chi connectivity index (χ2n) is 4.09. The lowest BCUT2D eigenvalue weighted by Gasteiger charge is -2.13. The molecule has 0 saturated heterocycles. The molecule has 7 heteroatoms. The summed E-state index contributed by atoms with van der Waals surface area (Å²) in [5, 5.41) is 13.0. The fraction of sp³-hybridized carbons (Fsp3) is 0.231. The molecule has 1 atom stereocenters. The summed E-state index contributed by atoms with van der Waals surface area (Å²) < 4.78 is 5.43. The molecule has 0 bridgehead atoms. The van der Waals surface area contributed by atoms with Gasteiger partial charge in [-0.2, -0.15) is 4.98 Å². The van der Waals surface area contributed by atoms with E-state index in [-0.39, 0.29) is 24.3 Å². The number of rotatable bonds is 6. The minimum atomic E-state index is -0.690. The van der Waals surface area contributed by atoms with E-state index in [1.807, 2.05) is 30.3 Å². The number of hydrogen-bond donors (Lipinski definition) is 3. The molecule has 0 saturated carbocycles. The molecular weight excluding hydrogens is 280 g/mol. The number of halogens is 1. The van der Waals surface area contributed by atoms with Gasteiger partial charge in [-0.05, 0) is 12.1 Å². The predicted octanol–water partition coefficient (Wildman–Crippen LogP) is 1.56. The van der Waals surface area contributed by atoms with Gasteiger partial charge in [-0.3, -0.25) is 0 Å². The molecule has 0 aliphatic heterocycles. The summed E-state index contributed by atoms with van der Waals surface area (Å²) in [6.07, 6.45) is -0.690. The second-order valence-corrected chi connectivity index (χ2v) is 4.48. The van der Waals surface area contributed by atoms with Gasteiger partial charge < -0.3 is 20.9 Å². The van der Waals surface area contributed by atoms with Crippen LogP contribution in [-0.2, 0) is 0 Å².